The molecule has 0 atom stereocenters. The van der Waals surface area contributed by atoms with Crippen molar-refractivity contribution in [2.24, 2.45) is 5.92 Å². The number of benzene rings is 1. The molecule has 0 bridgehead atoms. The van der Waals surface area contributed by atoms with E-state index < -0.39 is 15.8 Å². The molecule has 2 heterocycles. The summed E-state index contributed by atoms with van der Waals surface area (Å²) in [6.45, 7) is 6.39. The van der Waals surface area contributed by atoms with Gasteiger partial charge in [0, 0.05) is 24.4 Å². The predicted molar refractivity (Wildman–Crippen MR) is 112 cm³/mol. The SMILES string of the molecule is CC(C)(C)c1ncc(NC(=O)C2CCN(S(=O)(=O)c3ccc(F)c(Cl)c3)CC2)cn1. The van der Waals surface area contributed by atoms with Crippen molar-refractivity contribution in [3.05, 3.63) is 47.3 Å². The minimum atomic E-state index is -3.80. The lowest BCUT2D eigenvalue weighted by Crippen LogP contribution is -2.41. The third-order valence-corrected chi connectivity index (χ3v) is 7.13. The summed E-state index contributed by atoms with van der Waals surface area (Å²) in [5, 5.41) is 2.55. The second-order valence-electron chi connectivity index (χ2n) is 8.29. The number of sulfonamides is 1. The van der Waals surface area contributed by atoms with E-state index in [1.54, 1.807) is 12.4 Å². The maximum absolute atomic E-state index is 13.3. The topological polar surface area (TPSA) is 92.3 Å². The first-order valence-electron chi connectivity index (χ1n) is 9.57. The summed E-state index contributed by atoms with van der Waals surface area (Å²) < 4.78 is 40.1. The first kappa shape index (κ1) is 22.6. The monoisotopic (exact) mass is 454 g/mol. The lowest BCUT2D eigenvalue weighted by molar-refractivity contribution is -0.120. The highest BCUT2D eigenvalue weighted by Gasteiger charge is 2.32. The molecule has 3 rings (SSSR count). The van der Waals surface area contributed by atoms with E-state index in [-0.39, 0.29) is 40.2 Å². The molecule has 0 aliphatic carbocycles. The normalized spacial score (nSPS) is 16.4. The molecule has 1 aromatic heterocycles. The Morgan fingerprint density at radius 2 is 1.80 bits per heavy atom. The van der Waals surface area contributed by atoms with Crippen molar-refractivity contribution in [2.75, 3.05) is 18.4 Å². The molecule has 0 saturated carbocycles. The van der Waals surface area contributed by atoms with Crippen molar-refractivity contribution in [1.29, 1.82) is 0 Å². The van der Waals surface area contributed by atoms with Crippen LogP contribution in [0.5, 0.6) is 0 Å². The number of hydrogen-bond acceptors (Lipinski definition) is 5. The Hall–Kier alpha value is -2.10. The number of halogens is 2. The Labute approximate surface area is 180 Å². The summed E-state index contributed by atoms with van der Waals surface area (Å²) in [6, 6.07) is 3.32. The zero-order valence-electron chi connectivity index (χ0n) is 17.0. The van der Waals surface area contributed by atoms with Crippen LogP contribution in [-0.2, 0) is 20.2 Å². The second kappa shape index (κ2) is 8.56. The smallest absolute Gasteiger partial charge is 0.243 e. The fraction of sp³-hybridized carbons (Fsp3) is 0.450. The summed E-state index contributed by atoms with van der Waals surface area (Å²) in [6.07, 6.45) is 3.90. The van der Waals surface area contributed by atoms with Gasteiger partial charge in [0.2, 0.25) is 15.9 Å². The van der Waals surface area contributed by atoms with Crippen molar-refractivity contribution >= 4 is 33.2 Å². The number of carbonyl (C=O) groups is 1. The van der Waals surface area contributed by atoms with Crippen LogP contribution >= 0.6 is 11.6 Å². The van der Waals surface area contributed by atoms with Gasteiger partial charge in [0.25, 0.3) is 0 Å². The third-order valence-electron chi connectivity index (χ3n) is 4.94. The van der Waals surface area contributed by atoms with E-state index in [0.29, 0.717) is 24.4 Å². The molecule has 0 radical (unpaired) electrons. The second-order valence-corrected chi connectivity index (χ2v) is 10.6. The third kappa shape index (κ3) is 4.96. The van der Waals surface area contributed by atoms with Crippen LogP contribution < -0.4 is 5.32 Å². The van der Waals surface area contributed by atoms with Crippen LogP contribution in [-0.4, -0.2) is 41.7 Å². The van der Waals surface area contributed by atoms with E-state index in [1.165, 1.54) is 10.4 Å². The van der Waals surface area contributed by atoms with Crippen molar-refractivity contribution in [2.45, 2.75) is 43.9 Å². The van der Waals surface area contributed by atoms with Crippen LogP contribution in [0.25, 0.3) is 0 Å². The highest BCUT2D eigenvalue weighted by Crippen LogP contribution is 2.27. The Bertz CT molecular complexity index is 1030. The van der Waals surface area contributed by atoms with Gasteiger partial charge in [-0.25, -0.2) is 22.8 Å². The molecular formula is C20H24ClFN4O3S. The van der Waals surface area contributed by atoms with Crippen LogP contribution in [0.4, 0.5) is 10.1 Å². The zero-order chi connectivity index (χ0) is 22.1. The molecule has 7 nitrogen and oxygen atoms in total. The van der Waals surface area contributed by atoms with Gasteiger partial charge in [-0.15, -0.1) is 0 Å². The van der Waals surface area contributed by atoms with Crippen molar-refractivity contribution in [3.8, 4) is 0 Å². The molecule has 2 aromatic rings. The van der Waals surface area contributed by atoms with E-state index >= 15 is 0 Å². The number of piperidine rings is 1. The number of nitrogens with zero attached hydrogens (tertiary/aromatic N) is 3. The first-order valence-corrected chi connectivity index (χ1v) is 11.4. The largest absolute Gasteiger partial charge is 0.323 e. The summed E-state index contributed by atoms with van der Waals surface area (Å²) in [5.41, 5.74) is 0.319. The number of nitrogens with one attached hydrogen (secondary N) is 1. The van der Waals surface area contributed by atoms with Crippen LogP contribution in [0.1, 0.15) is 39.4 Å². The number of amides is 1. The summed E-state index contributed by atoms with van der Waals surface area (Å²) >= 11 is 5.71. The molecule has 1 N–H and O–H groups in total. The Balaban J connectivity index is 1.60. The van der Waals surface area contributed by atoms with Crippen molar-refractivity contribution in [3.63, 3.8) is 0 Å². The zero-order valence-corrected chi connectivity index (χ0v) is 18.6. The summed E-state index contributed by atoms with van der Waals surface area (Å²) in [7, 11) is -3.80. The lowest BCUT2D eigenvalue weighted by atomic mass is 9.96. The Kier molecular flexibility index (Phi) is 6.45. The maximum atomic E-state index is 13.3. The van der Waals surface area contributed by atoms with Crippen LogP contribution in [0.15, 0.2) is 35.5 Å². The van der Waals surface area contributed by atoms with E-state index in [4.69, 9.17) is 11.6 Å². The van der Waals surface area contributed by atoms with Gasteiger partial charge in [0.1, 0.15) is 11.6 Å². The highest BCUT2D eigenvalue weighted by atomic mass is 35.5. The molecule has 1 fully saturated rings. The number of aromatic nitrogens is 2. The van der Waals surface area contributed by atoms with Gasteiger partial charge >= 0.3 is 0 Å². The molecule has 0 spiro atoms. The van der Waals surface area contributed by atoms with Gasteiger partial charge in [0.15, 0.2) is 0 Å². The molecule has 1 saturated heterocycles. The lowest BCUT2D eigenvalue weighted by Gasteiger charge is -2.30. The van der Waals surface area contributed by atoms with Gasteiger partial charge in [-0.05, 0) is 31.0 Å². The van der Waals surface area contributed by atoms with E-state index in [0.717, 1.165) is 12.1 Å². The molecule has 0 unspecified atom stereocenters. The molecule has 10 heteroatoms. The van der Waals surface area contributed by atoms with Gasteiger partial charge < -0.3 is 5.32 Å². The van der Waals surface area contributed by atoms with Crippen LogP contribution in [0.3, 0.4) is 0 Å². The standard InChI is InChI=1S/C20H24ClFN4O3S/c1-20(2,3)19-23-11-14(12-24-19)25-18(27)13-6-8-26(9-7-13)30(28,29)15-4-5-17(22)16(21)10-15/h4-5,10-13H,6-9H2,1-3H3,(H,25,27). The number of anilines is 1. The molecule has 1 amide bonds. The maximum Gasteiger partial charge on any atom is 0.243 e. The van der Waals surface area contributed by atoms with Gasteiger partial charge in [-0.1, -0.05) is 32.4 Å². The number of carbonyl (C=O) groups excluding carboxylic acids is 1. The van der Waals surface area contributed by atoms with Gasteiger partial charge in [-0.2, -0.15) is 4.31 Å². The van der Waals surface area contributed by atoms with E-state index in [1.807, 2.05) is 20.8 Å². The Morgan fingerprint density at radius 1 is 1.20 bits per heavy atom. The number of rotatable bonds is 4. The van der Waals surface area contributed by atoms with Gasteiger partial charge in [-0.3, -0.25) is 4.79 Å². The average Bonchev–Trinajstić information content (AvgIpc) is 2.69. The first-order chi connectivity index (χ1) is 14.0. The van der Waals surface area contributed by atoms with Crippen molar-refractivity contribution < 1.29 is 17.6 Å². The summed E-state index contributed by atoms with van der Waals surface area (Å²) in [5.74, 6) is -0.509. The average molecular weight is 455 g/mol. The quantitative estimate of drug-likeness (QED) is 0.761. The fourth-order valence-corrected chi connectivity index (χ4v) is 4.91. The minimum Gasteiger partial charge on any atom is -0.323 e. The van der Waals surface area contributed by atoms with Crippen LogP contribution in [0.2, 0.25) is 5.02 Å². The fourth-order valence-electron chi connectivity index (χ4n) is 3.17. The van der Waals surface area contributed by atoms with E-state index in [2.05, 4.69) is 15.3 Å². The molecule has 1 aliphatic heterocycles. The predicted octanol–water partition coefficient (Wildman–Crippen LogP) is 3.61. The van der Waals surface area contributed by atoms with Gasteiger partial charge in [0.05, 0.1) is 28.0 Å². The van der Waals surface area contributed by atoms with Crippen molar-refractivity contribution in [1.82, 2.24) is 14.3 Å². The van der Waals surface area contributed by atoms with E-state index in [9.17, 15) is 17.6 Å². The molecule has 1 aromatic carbocycles. The molecule has 162 valence electrons. The Morgan fingerprint density at radius 3 is 2.33 bits per heavy atom. The van der Waals surface area contributed by atoms with Crippen LogP contribution in [0, 0.1) is 11.7 Å². The number of hydrogen-bond donors (Lipinski definition) is 1. The molecular weight excluding hydrogens is 431 g/mol. The molecule has 1 aliphatic rings. The highest BCUT2D eigenvalue weighted by molar-refractivity contribution is 7.89. The summed E-state index contributed by atoms with van der Waals surface area (Å²) in [4.78, 5) is 21.1. The minimum absolute atomic E-state index is 0.0621. The molecule has 30 heavy (non-hydrogen) atoms.